The lowest BCUT2D eigenvalue weighted by atomic mass is 10.1. The van der Waals surface area contributed by atoms with E-state index in [9.17, 15) is 9.18 Å². The maximum Gasteiger partial charge on any atom is 0.407 e. The maximum absolute atomic E-state index is 13.5. The lowest BCUT2D eigenvalue weighted by molar-refractivity contribution is 0.106. The molecule has 0 radical (unpaired) electrons. The van der Waals surface area contributed by atoms with Gasteiger partial charge in [0.25, 0.3) is 0 Å². The Morgan fingerprint density at radius 3 is 2.52 bits per heavy atom. The zero-order valence-electron chi connectivity index (χ0n) is 11.9. The number of carbonyl (C=O) groups excluding carboxylic acids is 1. The van der Waals surface area contributed by atoms with Crippen molar-refractivity contribution in [1.29, 1.82) is 0 Å². The van der Waals surface area contributed by atoms with Crippen LogP contribution in [0.1, 0.15) is 18.1 Å². The normalized spacial score (nSPS) is 11.7. The Morgan fingerprint density at radius 2 is 1.81 bits per heavy atom. The molecule has 2 aromatic rings. The van der Waals surface area contributed by atoms with Crippen molar-refractivity contribution in [3.8, 4) is 0 Å². The van der Waals surface area contributed by atoms with E-state index in [1.54, 1.807) is 25.1 Å². The minimum absolute atomic E-state index is 0.280. The van der Waals surface area contributed by atoms with Gasteiger partial charge in [-0.2, -0.15) is 0 Å². The predicted molar refractivity (Wildman–Crippen MR) is 79.3 cm³/mol. The molecule has 0 aliphatic heterocycles. The van der Waals surface area contributed by atoms with Gasteiger partial charge in [0.2, 0.25) is 0 Å². The van der Waals surface area contributed by atoms with Crippen LogP contribution < -0.4 is 5.32 Å². The van der Waals surface area contributed by atoms with Gasteiger partial charge in [0.1, 0.15) is 11.9 Å². The Kier molecular flexibility index (Phi) is 5.32. The van der Waals surface area contributed by atoms with Crippen LogP contribution in [-0.4, -0.2) is 12.2 Å². The summed E-state index contributed by atoms with van der Waals surface area (Å²) < 4.78 is 18.7. The van der Waals surface area contributed by atoms with Gasteiger partial charge in [0.15, 0.2) is 0 Å². The van der Waals surface area contributed by atoms with Gasteiger partial charge < -0.3 is 10.1 Å². The summed E-state index contributed by atoms with van der Waals surface area (Å²) in [5, 5.41) is 2.68. The summed E-state index contributed by atoms with van der Waals surface area (Å²) in [5.74, 6) is -0.280. The highest BCUT2D eigenvalue weighted by Gasteiger charge is 2.12. The fourth-order valence-electron chi connectivity index (χ4n) is 2.01. The summed E-state index contributed by atoms with van der Waals surface area (Å²) in [5.41, 5.74) is 1.54. The van der Waals surface area contributed by atoms with Crippen LogP contribution in [0.3, 0.4) is 0 Å². The van der Waals surface area contributed by atoms with E-state index in [2.05, 4.69) is 5.32 Å². The summed E-state index contributed by atoms with van der Waals surface area (Å²) in [6.45, 7) is 2.15. The Labute approximate surface area is 123 Å². The molecular formula is C17H18FNO2. The van der Waals surface area contributed by atoms with Crippen molar-refractivity contribution in [2.75, 3.05) is 0 Å². The number of hydrogen-bond donors (Lipinski definition) is 1. The first-order chi connectivity index (χ1) is 10.1. The number of hydrogen-bond acceptors (Lipinski definition) is 2. The van der Waals surface area contributed by atoms with Crippen molar-refractivity contribution >= 4 is 6.09 Å². The van der Waals surface area contributed by atoms with E-state index in [0.29, 0.717) is 18.5 Å². The van der Waals surface area contributed by atoms with Crippen molar-refractivity contribution in [1.82, 2.24) is 5.32 Å². The number of benzene rings is 2. The molecule has 2 rings (SSSR count). The molecule has 0 unspecified atom stereocenters. The minimum atomic E-state index is -0.498. The van der Waals surface area contributed by atoms with E-state index >= 15 is 0 Å². The molecule has 1 N–H and O–H groups in total. The second-order valence-electron chi connectivity index (χ2n) is 4.85. The predicted octanol–water partition coefficient (Wildman–Crippen LogP) is 3.68. The third-order valence-electron chi connectivity index (χ3n) is 3.05. The zero-order chi connectivity index (χ0) is 15.1. The Morgan fingerprint density at radius 1 is 1.14 bits per heavy atom. The first-order valence-electron chi connectivity index (χ1n) is 6.87. The number of alkyl carbamates (subject to hydrolysis) is 1. The van der Waals surface area contributed by atoms with Gasteiger partial charge in [-0.3, -0.25) is 0 Å². The molecule has 3 nitrogen and oxygen atoms in total. The molecule has 0 saturated carbocycles. The molecule has 0 fully saturated rings. The average molecular weight is 287 g/mol. The van der Waals surface area contributed by atoms with Crippen molar-refractivity contribution < 1.29 is 13.9 Å². The van der Waals surface area contributed by atoms with E-state index in [1.165, 1.54) is 6.07 Å². The van der Waals surface area contributed by atoms with E-state index < -0.39 is 12.2 Å². The van der Waals surface area contributed by atoms with Crippen LogP contribution in [0.5, 0.6) is 0 Å². The number of nitrogens with one attached hydrogen (secondary N) is 1. The van der Waals surface area contributed by atoms with Gasteiger partial charge >= 0.3 is 6.09 Å². The SMILES string of the molecule is C[C@@H](Cc1ccccc1F)OC(=O)NCc1ccccc1. The van der Waals surface area contributed by atoms with Crippen LogP contribution in [0.2, 0.25) is 0 Å². The van der Waals surface area contributed by atoms with Crippen molar-refractivity contribution in [2.24, 2.45) is 0 Å². The molecular weight excluding hydrogens is 269 g/mol. The molecule has 0 heterocycles. The van der Waals surface area contributed by atoms with E-state index in [4.69, 9.17) is 4.74 Å². The largest absolute Gasteiger partial charge is 0.446 e. The Bertz CT molecular complexity index is 586. The highest BCUT2D eigenvalue weighted by molar-refractivity contribution is 5.67. The molecule has 110 valence electrons. The van der Waals surface area contributed by atoms with Crippen LogP contribution >= 0.6 is 0 Å². The molecule has 0 aromatic heterocycles. The molecule has 1 atom stereocenters. The minimum Gasteiger partial charge on any atom is -0.446 e. The summed E-state index contributed by atoms with van der Waals surface area (Å²) >= 11 is 0. The fraction of sp³-hybridized carbons (Fsp3) is 0.235. The monoisotopic (exact) mass is 287 g/mol. The third kappa shape index (κ3) is 4.91. The first kappa shape index (κ1) is 15.0. The second-order valence-corrected chi connectivity index (χ2v) is 4.85. The zero-order valence-corrected chi connectivity index (χ0v) is 11.9. The molecule has 0 saturated heterocycles. The van der Waals surface area contributed by atoms with Gasteiger partial charge in [-0.05, 0) is 24.1 Å². The van der Waals surface area contributed by atoms with Crippen LogP contribution in [0.25, 0.3) is 0 Å². The number of halogens is 1. The molecule has 0 spiro atoms. The quantitative estimate of drug-likeness (QED) is 0.911. The van der Waals surface area contributed by atoms with Crippen molar-refractivity contribution in [2.45, 2.75) is 26.0 Å². The fourth-order valence-corrected chi connectivity index (χ4v) is 2.01. The number of amides is 1. The molecule has 0 aliphatic rings. The second kappa shape index (κ2) is 7.43. The summed E-state index contributed by atoms with van der Waals surface area (Å²) in [7, 11) is 0. The summed E-state index contributed by atoms with van der Waals surface area (Å²) in [4.78, 5) is 11.7. The van der Waals surface area contributed by atoms with E-state index in [0.717, 1.165) is 5.56 Å². The van der Waals surface area contributed by atoms with E-state index in [1.807, 2.05) is 30.3 Å². The van der Waals surface area contributed by atoms with Crippen LogP contribution in [0, 0.1) is 5.82 Å². The Hall–Kier alpha value is -2.36. The summed E-state index contributed by atoms with van der Waals surface area (Å²) in [6.07, 6.45) is -0.536. The van der Waals surface area contributed by atoms with Gasteiger partial charge in [0, 0.05) is 13.0 Å². The van der Waals surface area contributed by atoms with Crippen LogP contribution in [-0.2, 0) is 17.7 Å². The van der Waals surface area contributed by atoms with Crippen molar-refractivity contribution in [3.05, 3.63) is 71.5 Å². The van der Waals surface area contributed by atoms with Crippen LogP contribution in [0.15, 0.2) is 54.6 Å². The average Bonchev–Trinajstić information content (AvgIpc) is 2.48. The van der Waals surface area contributed by atoms with Gasteiger partial charge in [-0.15, -0.1) is 0 Å². The Balaban J connectivity index is 1.78. The molecule has 0 bridgehead atoms. The van der Waals surface area contributed by atoms with Gasteiger partial charge in [-0.25, -0.2) is 9.18 Å². The molecule has 21 heavy (non-hydrogen) atoms. The van der Waals surface area contributed by atoms with Crippen LogP contribution in [0.4, 0.5) is 9.18 Å². The highest BCUT2D eigenvalue weighted by Crippen LogP contribution is 2.10. The highest BCUT2D eigenvalue weighted by atomic mass is 19.1. The topological polar surface area (TPSA) is 38.3 Å². The number of ether oxygens (including phenoxy) is 1. The standard InChI is InChI=1S/C17H18FNO2/c1-13(11-15-9-5-6-10-16(15)18)21-17(20)19-12-14-7-3-2-4-8-14/h2-10,13H,11-12H2,1H3,(H,19,20)/t13-/m0/s1. The maximum atomic E-state index is 13.5. The van der Waals surface area contributed by atoms with Gasteiger partial charge in [-0.1, -0.05) is 48.5 Å². The lowest BCUT2D eigenvalue weighted by Crippen LogP contribution is -2.28. The number of rotatable bonds is 5. The lowest BCUT2D eigenvalue weighted by Gasteiger charge is -2.14. The van der Waals surface area contributed by atoms with Gasteiger partial charge in [0.05, 0.1) is 0 Å². The summed E-state index contributed by atoms with van der Waals surface area (Å²) in [6, 6.07) is 16.1. The molecule has 4 heteroatoms. The molecule has 0 aliphatic carbocycles. The molecule has 2 aromatic carbocycles. The smallest absolute Gasteiger partial charge is 0.407 e. The first-order valence-corrected chi connectivity index (χ1v) is 6.87. The van der Waals surface area contributed by atoms with E-state index in [-0.39, 0.29) is 5.82 Å². The molecule has 1 amide bonds. The number of carbonyl (C=O) groups is 1. The van der Waals surface area contributed by atoms with Crippen molar-refractivity contribution in [3.63, 3.8) is 0 Å². The third-order valence-corrected chi connectivity index (χ3v) is 3.05.